The first kappa shape index (κ1) is 24.0. The quantitative estimate of drug-likeness (QED) is 0.548. The molecule has 2 aromatic carbocycles. The van der Waals surface area contributed by atoms with Crippen molar-refractivity contribution in [3.05, 3.63) is 57.1 Å². The molecule has 4 rings (SSSR count). The molecule has 0 radical (unpaired) electrons. The van der Waals surface area contributed by atoms with E-state index in [0.717, 1.165) is 18.7 Å². The molecule has 0 aliphatic carbocycles. The number of anilines is 1. The predicted octanol–water partition coefficient (Wildman–Crippen LogP) is 2.85. The summed E-state index contributed by atoms with van der Waals surface area (Å²) in [7, 11) is 3.03. The second-order valence-electron chi connectivity index (χ2n) is 8.04. The van der Waals surface area contributed by atoms with Crippen molar-refractivity contribution >= 4 is 34.1 Å². The molecule has 1 N–H and O–H groups in total. The van der Waals surface area contributed by atoms with Gasteiger partial charge in [-0.05, 0) is 36.8 Å². The van der Waals surface area contributed by atoms with E-state index in [-0.39, 0.29) is 18.0 Å². The number of carbonyl (C=O) groups is 1. The van der Waals surface area contributed by atoms with Gasteiger partial charge in [-0.3, -0.25) is 19.1 Å². The average Bonchev–Trinajstić information content (AvgIpc) is 2.83. The topological polar surface area (TPSA) is 94.9 Å². The van der Waals surface area contributed by atoms with Crippen LogP contribution in [0.25, 0.3) is 10.9 Å². The summed E-state index contributed by atoms with van der Waals surface area (Å²) >= 11 is 6.02. The molecule has 1 saturated heterocycles. The molecule has 9 nitrogen and oxygen atoms in total. The van der Waals surface area contributed by atoms with Crippen LogP contribution in [0.3, 0.4) is 0 Å². The Kier molecular flexibility index (Phi) is 7.35. The number of rotatable bonds is 7. The maximum Gasteiger partial charge on any atom is 0.262 e. The highest BCUT2D eigenvalue weighted by atomic mass is 35.5. The lowest BCUT2D eigenvalue weighted by Crippen LogP contribution is -2.39. The molecule has 1 aliphatic rings. The summed E-state index contributed by atoms with van der Waals surface area (Å²) in [6.07, 6.45) is 0. The van der Waals surface area contributed by atoms with Gasteiger partial charge in [-0.1, -0.05) is 11.6 Å². The van der Waals surface area contributed by atoms with Gasteiger partial charge in [-0.25, -0.2) is 4.98 Å². The van der Waals surface area contributed by atoms with Gasteiger partial charge in [0.05, 0.1) is 44.9 Å². The Hall–Kier alpha value is -3.14. The second-order valence-corrected chi connectivity index (χ2v) is 8.48. The van der Waals surface area contributed by atoms with Crippen LogP contribution in [0.1, 0.15) is 11.4 Å². The van der Waals surface area contributed by atoms with Gasteiger partial charge < -0.3 is 19.5 Å². The van der Waals surface area contributed by atoms with E-state index in [9.17, 15) is 9.59 Å². The van der Waals surface area contributed by atoms with Crippen LogP contribution in [-0.4, -0.2) is 60.9 Å². The van der Waals surface area contributed by atoms with E-state index in [1.807, 2.05) is 6.92 Å². The van der Waals surface area contributed by atoms with Gasteiger partial charge in [0.25, 0.3) is 5.56 Å². The molecular formula is C24H27ClN4O5. The van der Waals surface area contributed by atoms with Gasteiger partial charge in [-0.2, -0.15) is 0 Å². The van der Waals surface area contributed by atoms with E-state index in [1.54, 1.807) is 30.3 Å². The number of fused-ring (bicyclic) bond motifs is 1. The maximum absolute atomic E-state index is 13.5. The number of carbonyl (C=O) groups excluding carboxylic acids is 1. The Labute approximate surface area is 202 Å². The number of benzene rings is 2. The second kappa shape index (κ2) is 10.4. The number of hydrogen-bond acceptors (Lipinski definition) is 7. The summed E-state index contributed by atoms with van der Waals surface area (Å²) in [6.45, 7) is 4.74. The smallest absolute Gasteiger partial charge is 0.262 e. The first-order chi connectivity index (χ1) is 16.4. The summed E-state index contributed by atoms with van der Waals surface area (Å²) in [4.78, 5) is 33.4. The van der Waals surface area contributed by atoms with Crippen LogP contribution in [0.5, 0.6) is 11.5 Å². The number of methoxy groups -OCH3 is 2. The van der Waals surface area contributed by atoms with Gasteiger partial charge in [0.2, 0.25) is 5.91 Å². The van der Waals surface area contributed by atoms with E-state index < -0.39 is 0 Å². The molecule has 180 valence electrons. The molecule has 0 spiro atoms. The van der Waals surface area contributed by atoms with Crippen LogP contribution in [0.2, 0.25) is 5.02 Å². The number of amides is 1. The lowest BCUT2D eigenvalue weighted by Gasteiger charge is -2.27. The van der Waals surface area contributed by atoms with Crippen LogP contribution in [0.4, 0.5) is 5.69 Å². The Morgan fingerprint density at radius 2 is 1.85 bits per heavy atom. The van der Waals surface area contributed by atoms with Crippen LogP contribution >= 0.6 is 11.6 Å². The van der Waals surface area contributed by atoms with E-state index in [4.69, 9.17) is 30.8 Å². The van der Waals surface area contributed by atoms with Gasteiger partial charge in [0.15, 0.2) is 11.5 Å². The van der Waals surface area contributed by atoms with E-state index in [1.165, 1.54) is 18.8 Å². The minimum absolute atomic E-state index is 0.183. The molecule has 3 aromatic rings. The third-order valence-electron chi connectivity index (χ3n) is 5.77. The fourth-order valence-corrected chi connectivity index (χ4v) is 4.16. The van der Waals surface area contributed by atoms with Gasteiger partial charge >= 0.3 is 0 Å². The number of aromatic nitrogens is 2. The normalized spacial score (nSPS) is 14.2. The lowest BCUT2D eigenvalue weighted by molar-refractivity contribution is -0.116. The summed E-state index contributed by atoms with van der Waals surface area (Å²) in [5, 5.41) is 3.80. The first-order valence-electron chi connectivity index (χ1n) is 10.9. The number of morpholine rings is 1. The standard InChI is InChI=1S/C24H27ClN4O5/c1-15-10-16(25)4-5-18(15)27-23(30)14-29-22(13-28-6-8-34-9-7-28)26-19-12-21(33-3)20(32-2)11-17(19)24(29)31/h4-5,10-12H,6-9,13-14H2,1-3H3,(H,27,30). The van der Waals surface area contributed by atoms with Crippen LogP contribution in [0.15, 0.2) is 35.1 Å². The third kappa shape index (κ3) is 5.16. The van der Waals surface area contributed by atoms with Crippen molar-refractivity contribution in [1.82, 2.24) is 14.5 Å². The Morgan fingerprint density at radius 1 is 1.15 bits per heavy atom. The van der Waals surface area contributed by atoms with Crippen molar-refractivity contribution in [1.29, 1.82) is 0 Å². The molecule has 2 heterocycles. The number of hydrogen-bond donors (Lipinski definition) is 1. The molecular weight excluding hydrogens is 460 g/mol. The lowest BCUT2D eigenvalue weighted by atomic mass is 10.2. The van der Waals surface area contributed by atoms with Gasteiger partial charge in [0, 0.05) is 29.9 Å². The maximum atomic E-state index is 13.5. The van der Waals surface area contributed by atoms with E-state index in [0.29, 0.717) is 58.7 Å². The van der Waals surface area contributed by atoms with Crippen LogP contribution < -0.4 is 20.3 Å². The third-order valence-corrected chi connectivity index (χ3v) is 6.01. The first-order valence-corrected chi connectivity index (χ1v) is 11.3. The molecule has 0 unspecified atom stereocenters. The highest BCUT2D eigenvalue weighted by Crippen LogP contribution is 2.30. The molecule has 0 saturated carbocycles. The van der Waals surface area contributed by atoms with Crippen molar-refractivity contribution in [2.75, 3.05) is 45.8 Å². The SMILES string of the molecule is COc1cc2nc(CN3CCOCC3)n(CC(=O)Nc3ccc(Cl)cc3C)c(=O)c2cc1OC. The Bertz CT molecular complexity index is 1270. The number of nitrogens with zero attached hydrogens (tertiary/aromatic N) is 3. The Balaban J connectivity index is 1.73. The highest BCUT2D eigenvalue weighted by molar-refractivity contribution is 6.30. The molecule has 10 heteroatoms. The summed E-state index contributed by atoms with van der Waals surface area (Å²) < 4.78 is 17.6. The number of aryl methyl sites for hydroxylation is 1. The minimum Gasteiger partial charge on any atom is -0.493 e. The van der Waals surface area contributed by atoms with E-state index >= 15 is 0 Å². The number of halogens is 1. The molecule has 1 amide bonds. The van der Waals surface area contributed by atoms with Crippen molar-refractivity contribution in [2.45, 2.75) is 20.0 Å². The zero-order valence-corrected chi connectivity index (χ0v) is 20.1. The summed E-state index contributed by atoms with van der Waals surface area (Å²) in [5.74, 6) is 1.06. The average molecular weight is 487 g/mol. The largest absolute Gasteiger partial charge is 0.493 e. The monoisotopic (exact) mass is 486 g/mol. The minimum atomic E-state index is -0.336. The fraction of sp³-hybridized carbons (Fsp3) is 0.375. The number of ether oxygens (including phenoxy) is 3. The number of nitrogens with one attached hydrogen (secondary N) is 1. The molecule has 1 fully saturated rings. The zero-order valence-electron chi connectivity index (χ0n) is 19.4. The van der Waals surface area contributed by atoms with Crippen LogP contribution in [-0.2, 0) is 22.6 Å². The molecule has 1 aliphatic heterocycles. The van der Waals surface area contributed by atoms with Crippen molar-refractivity contribution in [3.8, 4) is 11.5 Å². The summed E-state index contributed by atoms with van der Waals surface area (Å²) in [6, 6.07) is 8.49. The zero-order chi connectivity index (χ0) is 24.2. The molecule has 34 heavy (non-hydrogen) atoms. The molecule has 0 atom stereocenters. The van der Waals surface area contributed by atoms with Gasteiger partial charge in [-0.15, -0.1) is 0 Å². The molecule has 0 bridgehead atoms. The van der Waals surface area contributed by atoms with Crippen molar-refractivity contribution < 1.29 is 19.0 Å². The van der Waals surface area contributed by atoms with Crippen molar-refractivity contribution in [2.24, 2.45) is 0 Å². The summed E-state index contributed by atoms with van der Waals surface area (Å²) in [5.41, 5.74) is 1.63. The fourth-order valence-electron chi connectivity index (χ4n) is 3.94. The Morgan fingerprint density at radius 3 is 2.53 bits per heavy atom. The van der Waals surface area contributed by atoms with Crippen molar-refractivity contribution in [3.63, 3.8) is 0 Å². The van der Waals surface area contributed by atoms with Gasteiger partial charge in [0.1, 0.15) is 12.4 Å². The highest BCUT2D eigenvalue weighted by Gasteiger charge is 2.20. The van der Waals surface area contributed by atoms with Crippen LogP contribution in [0, 0.1) is 6.92 Å². The predicted molar refractivity (Wildman–Crippen MR) is 130 cm³/mol. The van der Waals surface area contributed by atoms with E-state index in [2.05, 4.69) is 10.2 Å². The molecule has 1 aromatic heterocycles.